The van der Waals surface area contributed by atoms with Crippen LogP contribution >= 0.6 is 11.6 Å². The fourth-order valence-corrected chi connectivity index (χ4v) is 3.14. The molecule has 2 heterocycles. The SMILES string of the molecule is CC(C)(C)C1CCCN(Cc2cccnc2Cl)CC1. The van der Waals surface area contributed by atoms with E-state index in [9.17, 15) is 0 Å². The smallest absolute Gasteiger partial charge is 0.133 e. The first-order chi connectivity index (χ1) is 8.97. The molecule has 1 aromatic heterocycles. The Labute approximate surface area is 122 Å². The Morgan fingerprint density at radius 1 is 1.32 bits per heavy atom. The minimum absolute atomic E-state index is 0.432. The minimum Gasteiger partial charge on any atom is -0.299 e. The zero-order valence-electron chi connectivity index (χ0n) is 12.3. The second-order valence-electron chi connectivity index (χ2n) is 6.72. The molecule has 0 aliphatic carbocycles. The Balaban J connectivity index is 1.95. The lowest BCUT2D eigenvalue weighted by atomic mass is 9.77. The number of likely N-dealkylation sites (tertiary alicyclic amines) is 1. The number of halogens is 1. The molecule has 1 saturated heterocycles. The molecule has 0 amide bonds. The maximum absolute atomic E-state index is 6.15. The van der Waals surface area contributed by atoms with Gasteiger partial charge in [0.15, 0.2) is 0 Å². The van der Waals surface area contributed by atoms with E-state index >= 15 is 0 Å². The molecule has 1 aliphatic heterocycles. The van der Waals surface area contributed by atoms with Gasteiger partial charge in [-0.1, -0.05) is 38.4 Å². The lowest BCUT2D eigenvalue weighted by Gasteiger charge is -2.29. The number of aromatic nitrogens is 1. The Kier molecular flexibility index (Phi) is 4.86. The van der Waals surface area contributed by atoms with Gasteiger partial charge >= 0.3 is 0 Å². The van der Waals surface area contributed by atoms with Crippen LogP contribution in [0.1, 0.15) is 45.6 Å². The molecule has 1 aliphatic rings. The van der Waals surface area contributed by atoms with E-state index in [2.05, 4.69) is 36.7 Å². The molecule has 0 radical (unpaired) electrons. The minimum atomic E-state index is 0.432. The second kappa shape index (κ2) is 6.23. The fraction of sp³-hybridized carbons (Fsp3) is 0.688. The maximum atomic E-state index is 6.15. The van der Waals surface area contributed by atoms with Gasteiger partial charge in [0.1, 0.15) is 5.15 Å². The Morgan fingerprint density at radius 2 is 2.11 bits per heavy atom. The summed E-state index contributed by atoms with van der Waals surface area (Å²) in [5.74, 6) is 0.835. The molecule has 0 aromatic carbocycles. The highest BCUT2D eigenvalue weighted by Crippen LogP contribution is 2.34. The van der Waals surface area contributed by atoms with Gasteiger partial charge in [-0.15, -0.1) is 0 Å². The van der Waals surface area contributed by atoms with Crippen LogP contribution in [0.15, 0.2) is 18.3 Å². The number of pyridine rings is 1. The average molecular weight is 281 g/mol. The van der Waals surface area contributed by atoms with Crippen molar-refractivity contribution in [3.05, 3.63) is 29.0 Å². The van der Waals surface area contributed by atoms with Gasteiger partial charge in [-0.3, -0.25) is 4.90 Å². The predicted octanol–water partition coefficient (Wildman–Crippen LogP) is 4.38. The van der Waals surface area contributed by atoms with Crippen molar-refractivity contribution in [2.24, 2.45) is 11.3 Å². The third kappa shape index (κ3) is 4.19. The van der Waals surface area contributed by atoms with Crippen molar-refractivity contribution in [3.8, 4) is 0 Å². The summed E-state index contributed by atoms with van der Waals surface area (Å²) in [6.45, 7) is 10.4. The molecule has 19 heavy (non-hydrogen) atoms. The zero-order valence-corrected chi connectivity index (χ0v) is 13.1. The van der Waals surface area contributed by atoms with Crippen LogP contribution in [0.5, 0.6) is 0 Å². The fourth-order valence-electron chi connectivity index (χ4n) is 2.96. The summed E-state index contributed by atoms with van der Waals surface area (Å²) in [5.41, 5.74) is 1.58. The van der Waals surface area contributed by atoms with Crippen molar-refractivity contribution in [2.75, 3.05) is 13.1 Å². The van der Waals surface area contributed by atoms with Gasteiger partial charge in [-0.2, -0.15) is 0 Å². The van der Waals surface area contributed by atoms with Gasteiger partial charge in [0, 0.05) is 18.3 Å². The summed E-state index contributed by atoms with van der Waals surface area (Å²) >= 11 is 6.15. The van der Waals surface area contributed by atoms with Crippen molar-refractivity contribution >= 4 is 11.6 Å². The van der Waals surface area contributed by atoms with E-state index in [4.69, 9.17) is 11.6 Å². The van der Waals surface area contributed by atoms with Crippen molar-refractivity contribution < 1.29 is 0 Å². The number of hydrogen-bond acceptors (Lipinski definition) is 2. The summed E-state index contributed by atoms with van der Waals surface area (Å²) in [6.07, 6.45) is 5.69. The van der Waals surface area contributed by atoms with Crippen molar-refractivity contribution in [1.29, 1.82) is 0 Å². The van der Waals surface area contributed by atoms with Crippen LogP contribution in [-0.4, -0.2) is 23.0 Å². The highest BCUT2D eigenvalue weighted by Gasteiger charge is 2.27. The molecule has 1 unspecified atom stereocenters. The second-order valence-corrected chi connectivity index (χ2v) is 7.08. The molecule has 0 bridgehead atoms. The van der Waals surface area contributed by atoms with Gasteiger partial charge in [0.25, 0.3) is 0 Å². The van der Waals surface area contributed by atoms with Gasteiger partial charge in [0.05, 0.1) is 0 Å². The molecule has 1 aromatic rings. The first kappa shape index (κ1) is 14.8. The first-order valence-corrected chi connectivity index (χ1v) is 7.66. The van der Waals surface area contributed by atoms with E-state index in [0.29, 0.717) is 10.6 Å². The van der Waals surface area contributed by atoms with Gasteiger partial charge < -0.3 is 0 Å². The Morgan fingerprint density at radius 3 is 2.79 bits per heavy atom. The molecule has 106 valence electrons. The molecular weight excluding hydrogens is 256 g/mol. The maximum Gasteiger partial charge on any atom is 0.133 e. The topological polar surface area (TPSA) is 16.1 Å². The summed E-state index contributed by atoms with van der Waals surface area (Å²) < 4.78 is 0. The highest BCUT2D eigenvalue weighted by atomic mass is 35.5. The zero-order chi connectivity index (χ0) is 13.9. The van der Waals surface area contributed by atoms with Crippen molar-refractivity contribution in [3.63, 3.8) is 0 Å². The molecule has 0 saturated carbocycles. The Bertz CT molecular complexity index is 411. The quantitative estimate of drug-likeness (QED) is 0.747. The number of hydrogen-bond donors (Lipinski definition) is 0. The van der Waals surface area contributed by atoms with Crippen molar-refractivity contribution in [2.45, 2.75) is 46.6 Å². The van der Waals surface area contributed by atoms with E-state index in [-0.39, 0.29) is 0 Å². The number of nitrogens with zero attached hydrogens (tertiary/aromatic N) is 2. The average Bonchev–Trinajstić information content (AvgIpc) is 2.57. The van der Waals surface area contributed by atoms with Crippen molar-refractivity contribution in [1.82, 2.24) is 9.88 Å². The highest BCUT2D eigenvalue weighted by molar-refractivity contribution is 6.30. The molecule has 3 heteroatoms. The summed E-state index contributed by atoms with van der Waals surface area (Å²) in [7, 11) is 0. The largest absolute Gasteiger partial charge is 0.299 e. The Hall–Kier alpha value is -0.600. The molecule has 2 rings (SSSR count). The molecule has 0 spiro atoms. The molecule has 1 atom stereocenters. The van der Waals surface area contributed by atoms with Crippen LogP contribution in [0.4, 0.5) is 0 Å². The lowest BCUT2D eigenvalue weighted by Crippen LogP contribution is -2.26. The van der Waals surface area contributed by atoms with Gasteiger partial charge in [-0.25, -0.2) is 4.98 Å². The molecule has 0 N–H and O–H groups in total. The normalized spacial score (nSPS) is 22.2. The summed E-state index contributed by atoms with van der Waals surface area (Å²) in [5, 5.41) is 0.652. The first-order valence-electron chi connectivity index (χ1n) is 7.28. The van der Waals surface area contributed by atoms with E-state index in [0.717, 1.165) is 18.0 Å². The monoisotopic (exact) mass is 280 g/mol. The predicted molar refractivity (Wildman–Crippen MR) is 81.3 cm³/mol. The van der Waals surface area contributed by atoms with Crippen LogP contribution in [0.25, 0.3) is 0 Å². The molecular formula is C16H25ClN2. The third-order valence-electron chi connectivity index (χ3n) is 4.28. The van der Waals surface area contributed by atoms with Gasteiger partial charge in [0.2, 0.25) is 0 Å². The van der Waals surface area contributed by atoms with E-state index < -0.39 is 0 Å². The van der Waals surface area contributed by atoms with E-state index in [1.165, 1.54) is 32.4 Å². The van der Waals surface area contributed by atoms with Crippen LogP contribution < -0.4 is 0 Å². The van der Waals surface area contributed by atoms with Crippen LogP contribution in [0, 0.1) is 11.3 Å². The van der Waals surface area contributed by atoms with E-state index in [1.807, 2.05) is 6.07 Å². The van der Waals surface area contributed by atoms with E-state index in [1.54, 1.807) is 6.20 Å². The summed E-state index contributed by atoms with van der Waals surface area (Å²) in [4.78, 5) is 6.68. The standard InChI is InChI=1S/C16H25ClN2/c1-16(2,3)14-7-5-10-19(11-8-14)12-13-6-4-9-18-15(13)17/h4,6,9,14H,5,7-8,10-12H2,1-3H3. The van der Waals surface area contributed by atoms with Crippen LogP contribution in [-0.2, 0) is 6.54 Å². The lowest BCUT2D eigenvalue weighted by molar-refractivity contribution is 0.206. The van der Waals surface area contributed by atoms with Crippen LogP contribution in [0.2, 0.25) is 5.15 Å². The summed E-state index contributed by atoms with van der Waals surface area (Å²) in [6, 6.07) is 4.05. The number of rotatable bonds is 2. The molecule has 2 nitrogen and oxygen atoms in total. The third-order valence-corrected chi connectivity index (χ3v) is 4.62. The van der Waals surface area contributed by atoms with Gasteiger partial charge in [-0.05, 0) is 49.8 Å². The molecule has 1 fully saturated rings. The van der Waals surface area contributed by atoms with Crippen LogP contribution in [0.3, 0.4) is 0 Å².